The van der Waals surface area contributed by atoms with E-state index in [9.17, 15) is 0 Å². The average Bonchev–Trinajstić information content (AvgIpc) is 3.05. The lowest BCUT2D eigenvalue weighted by molar-refractivity contribution is 0.604. The Morgan fingerprint density at radius 3 is 2.07 bits per heavy atom. The lowest BCUT2D eigenvalue weighted by atomic mass is 10.1. The highest BCUT2D eigenvalue weighted by atomic mass is 35.5. The van der Waals surface area contributed by atoms with Crippen LogP contribution in [0.2, 0.25) is 5.02 Å². The summed E-state index contributed by atoms with van der Waals surface area (Å²) in [5.74, 6) is 0.849. The summed E-state index contributed by atoms with van der Waals surface area (Å²) in [7, 11) is 0. The van der Waals surface area contributed by atoms with Gasteiger partial charge in [-0.15, -0.1) is 0 Å². The highest BCUT2D eigenvalue weighted by Gasteiger charge is 2.09. The van der Waals surface area contributed by atoms with Gasteiger partial charge in [-0.1, -0.05) is 83.9 Å². The maximum absolute atomic E-state index is 6.09. The number of rotatable bonds is 4. The van der Waals surface area contributed by atoms with E-state index in [0.717, 1.165) is 38.4 Å². The topological polar surface area (TPSA) is 13.1 Å². The second-order valence-electron chi connectivity index (χ2n) is 6.51. The molecule has 4 rings (SSSR count). The van der Waals surface area contributed by atoms with Crippen LogP contribution in [0.3, 0.4) is 0 Å². The van der Waals surface area contributed by atoms with Crippen LogP contribution in [-0.4, -0.2) is 0 Å². The summed E-state index contributed by atoms with van der Waals surface area (Å²) in [5, 5.41) is 1.84. The van der Waals surface area contributed by atoms with Gasteiger partial charge in [0.05, 0.1) is 0 Å². The van der Waals surface area contributed by atoms with Gasteiger partial charge in [-0.25, -0.2) is 0 Å². The number of halogens is 1. The predicted octanol–water partition coefficient (Wildman–Crippen LogP) is 7.74. The first-order chi connectivity index (χ1) is 13.2. The fourth-order valence-corrected chi connectivity index (χ4v) is 3.11. The zero-order valence-electron chi connectivity index (χ0n) is 15.0. The predicted molar refractivity (Wildman–Crippen MR) is 117 cm³/mol. The van der Waals surface area contributed by atoms with E-state index in [1.165, 1.54) is 5.56 Å². The van der Waals surface area contributed by atoms with Crippen LogP contribution in [-0.2, 0) is 0 Å². The molecule has 0 saturated carbocycles. The van der Waals surface area contributed by atoms with Gasteiger partial charge in [0.1, 0.15) is 11.3 Å². The van der Waals surface area contributed by atoms with Crippen LogP contribution in [0.4, 0.5) is 0 Å². The van der Waals surface area contributed by atoms with Gasteiger partial charge in [-0.05, 0) is 48.4 Å². The minimum Gasteiger partial charge on any atom is -0.456 e. The largest absolute Gasteiger partial charge is 0.456 e. The minimum atomic E-state index is 0.739. The highest BCUT2D eigenvalue weighted by molar-refractivity contribution is 6.30. The quantitative estimate of drug-likeness (QED) is 0.358. The molecule has 27 heavy (non-hydrogen) atoms. The normalized spacial score (nSPS) is 11.8. The molecule has 0 aliphatic heterocycles. The van der Waals surface area contributed by atoms with Gasteiger partial charge >= 0.3 is 0 Å². The Kier molecular flexibility index (Phi) is 4.95. The Balaban J connectivity index is 1.72. The lowest BCUT2D eigenvalue weighted by Gasteiger charge is -1.96. The van der Waals surface area contributed by atoms with E-state index in [-0.39, 0.29) is 0 Å². The third-order valence-electron chi connectivity index (χ3n) is 4.48. The van der Waals surface area contributed by atoms with E-state index in [2.05, 4.69) is 55.5 Å². The molecular formula is C25H19ClO. The Bertz CT molecular complexity index is 1110. The van der Waals surface area contributed by atoms with Gasteiger partial charge in [0.2, 0.25) is 0 Å². The van der Waals surface area contributed by atoms with E-state index in [1.807, 2.05) is 48.5 Å². The first kappa shape index (κ1) is 17.4. The van der Waals surface area contributed by atoms with E-state index in [4.69, 9.17) is 16.0 Å². The molecule has 0 N–H and O–H groups in total. The summed E-state index contributed by atoms with van der Waals surface area (Å²) >= 11 is 5.98. The second kappa shape index (κ2) is 7.69. The molecule has 1 aromatic heterocycles. The third-order valence-corrected chi connectivity index (χ3v) is 4.73. The van der Waals surface area contributed by atoms with Crippen molar-refractivity contribution >= 4 is 46.9 Å². The van der Waals surface area contributed by atoms with Crippen LogP contribution in [0.5, 0.6) is 0 Å². The number of benzene rings is 3. The van der Waals surface area contributed by atoms with E-state index in [1.54, 1.807) is 0 Å². The van der Waals surface area contributed by atoms with Gasteiger partial charge in [-0.2, -0.15) is 0 Å². The van der Waals surface area contributed by atoms with Crippen LogP contribution in [0.1, 0.15) is 28.0 Å². The molecule has 0 bridgehead atoms. The van der Waals surface area contributed by atoms with Crippen molar-refractivity contribution in [1.82, 2.24) is 0 Å². The number of hydrogen-bond acceptors (Lipinski definition) is 1. The van der Waals surface area contributed by atoms with Crippen LogP contribution in [0, 0.1) is 6.92 Å². The molecule has 0 unspecified atom stereocenters. The molecule has 0 fully saturated rings. The van der Waals surface area contributed by atoms with Gasteiger partial charge in [0.25, 0.3) is 0 Å². The van der Waals surface area contributed by atoms with Crippen LogP contribution in [0.25, 0.3) is 35.3 Å². The molecule has 0 spiro atoms. The van der Waals surface area contributed by atoms with Crippen molar-refractivity contribution in [1.29, 1.82) is 0 Å². The summed E-state index contributed by atoms with van der Waals surface area (Å²) in [4.78, 5) is 0. The molecule has 0 amide bonds. The number of furan rings is 1. The number of para-hydroxylation sites is 1. The molecule has 0 atom stereocenters. The molecule has 0 aliphatic rings. The number of hydrogen-bond donors (Lipinski definition) is 0. The molecule has 3 aromatic carbocycles. The number of fused-ring (bicyclic) bond motifs is 1. The fourth-order valence-electron chi connectivity index (χ4n) is 2.98. The first-order valence-corrected chi connectivity index (χ1v) is 9.27. The van der Waals surface area contributed by atoms with E-state index in [0.29, 0.717) is 0 Å². The summed E-state index contributed by atoms with van der Waals surface area (Å²) in [6.45, 7) is 2.09. The van der Waals surface area contributed by atoms with Gasteiger partial charge < -0.3 is 4.42 Å². The Morgan fingerprint density at radius 1 is 0.704 bits per heavy atom. The molecule has 0 radical (unpaired) electrons. The maximum Gasteiger partial charge on any atom is 0.135 e. The third kappa shape index (κ3) is 4.05. The van der Waals surface area contributed by atoms with Crippen LogP contribution >= 0.6 is 11.6 Å². The van der Waals surface area contributed by atoms with Gasteiger partial charge in [0, 0.05) is 16.0 Å². The van der Waals surface area contributed by atoms with Crippen molar-refractivity contribution in [3.8, 4) is 0 Å². The highest BCUT2D eigenvalue weighted by Crippen LogP contribution is 2.29. The monoisotopic (exact) mass is 370 g/mol. The molecule has 0 aliphatic carbocycles. The molecule has 132 valence electrons. The molecule has 1 nitrogen and oxygen atoms in total. The van der Waals surface area contributed by atoms with Crippen LogP contribution in [0.15, 0.2) is 77.2 Å². The zero-order valence-corrected chi connectivity index (χ0v) is 15.8. The molecule has 0 saturated heterocycles. The van der Waals surface area contributed by atoms with Crippen molar-refractivity contribution in [2.24, 2.45) is 0 Å². The Hall–Kier alpha value is -3.03. The smallest absolute Gasteiger partial charge is 0.135 e. The van der Waals surface area contributed by atoms with Crippen molar-refractivity contribution < 1.29 is 4.42 Å². The second-order valence-corrected chi connectivity index (χ2v) is 6.94. The summed E-state index contributed by atoms with van der Waals surface area (Å²) in [6, 6.07) is 24.3. The Morgan fingerprint density at radius 2 is 1.33 bits per heavy atom. The van der Waals surface area contributed by atoms with Crippen molar-refractivity contribution in [2.75, 3.05) is 0 Å². The van der Waals surface area contributed by atoms with Crippen molar-refractivity contribution in [3.05, 3.63) is 106 Å². The van der Waals surface area contributed by atoms with Crippen molar-refractivity contribution in [2.45, 2.75) is 6.92 Å². The zero-order chi connectivity index (χ0) is 18.6. The molecule has 2 heteroatoms. The average molecular weight is 371 g/mol. The summed E-state index contributed by atoms with van der Waals surface area (Å²) < 4.78 is 6.09. The molecule has 4 aromatic rings. The summed E-state index contributed by atoms with van der Waals surface area (Å²) in [5.41, 5.74) is 5.45. The van der Waals surface area contributed by atoms with Crippen molar-refractivity contribution in [3.63, 3.8) is 0 Å². The van der Waals surface area contributed by atoms with Crippen LogP contribution < -0.4 is 0 Å². The minimum absolute atomic E-state index is 0.739. The first-order valence-electron chi connectivity index (χ1n) is 8.89. The maximum atomic E-state index is 6.09. The van der Waals surface area contributed by atoms with Gasteiger partial charge in [-0.3, -0.25) is 0 Å². The van der Waals surface area contributed by atoms with Gasteiger partial charge in [0.15, 0.2) is 0 Å². The SMILES string of the molecule is Cc1ccc(/C=C/c2oc3ccccc3c2/C=C/c2ccc(Cl)cc2)cc1. The Labute approximate surface area is 164 Å². The standard InChI is InChI=1S/C25H19ClO/c1-18-6-8-19(9-7-18)13-17-25-23(22-4-2-3-5-24(22)27-25)16-12-20-10-14-21(26)15-11-20/h2-17H,1H3/b16-12+,17-13+. The number of aryl methyl sites for hydroxylation is 1. The molecule has 1 heterocycles. The lowest BCUT2D eigenvalue weighted by Crippen LogP contribution is -1.76. The molecular weight excluding hydrogens is 352 g/mol. The van der Waals surface area contributed by atoms with E-state index < -0.39 is 0 Å². The fraction of sp³-hybridized carbons (Fsp3) is 0.0400. The van der Waals surface area contributed by atoms with E-state index >= 15 is 0 Å². The summed E-state index contributed by atoms with van der Waals surface area (Å²) in [6.07, 6.45) is 8.30.